The number of halogens is 3. The van der Waals surface area contributed by atoms with Crippen LogP contribution in [0, 0.1) is 29.3 Å². The van der Waals surface area contributed by atoms with E-state index < -0.39 is 40.4 Å². The SMILES string of the molecule is CN1CCN(C2CC3CN(C(=O)Nc4cc(Oc5cc(F)c(NC(=O)c6cccn(-c7ccc(F)cc7)c6=O)cc5F)ccn4)CC3C2)CC1. The lowest BCUT2D eigenvalue weighted by Gasteiger charge is -2.37. The first-order valence-electron chi connectivity index (χ1n) is 16.5. The molecule has 2 aromatic heterocycles. The molecule has 4 aromatic rings. The minimum absolute atomic E-state index is 0.101. The number of amides is 3. The lowest BCUT2D eigenvalue weighted by molar-refractivity contribution is 0.102. The van der Waals surface area contributed by atoms with Crippen LogP contribution in [-0.2, 0) is 0 Å². The van der Waals surface area contributed by atoms with Gasteiger partial charge in [-0.3, -0.25) is 24.4 Å². The first-order chi connectivity index (χ1) is 24.1. The molecule has 2 unspecified atom stereocenters. The van der Waals surface area contributed by atoms with Gasteiger partial charge >= 0.3 is 6.03 Å². The van der Waals surface area contributed by atoms with Crippen LogP contribution in [0.25, 0.3) is 5.69 Å². The van der Waals surface area contributed by atoms with E-state index in [1.165, 1.54) is 60.9 Å². The summed E-state index contributed by atoms with van der Waals surface area (Å²) >= 11 is 0. The van der Waals surface area contributed by atoms with E-state index >= 15 is 8.78 Å². The Morgan fingerprint density at radius 2 is 1.60 bits per heavy atom. The quantitative estimate of drug-likeness (QED) is 0.275. The van der Waals surface area contributed by atoms with Gasteiger partial charge < -0.3 is 19.9 Å². The topological polar surface area (TPSA) is 112 Å². The molecule has 11 nitrogen and oxygen atoms in total. The first-order valence-corrected chi connectivity index (χ1v) is 16.5. The Bertz CT molecular complexity index is 1950. The molecular formula is C36H36F3N7O4. The number of likely N-dealkylation sites (N-methyl/N-ethyl adjacent to an activating group) is 1. The number of ether oxygens (including phenoxy) is 1. The largest absolute Gasteiger partial charge is 0.454 e. The highest BCUT2D eigenvalue weighted by molar-refractivity contribution is 6.04. The summed E-state index contributed by atoms with van der Waals surface area (Å²) in [5.74, 6) is -2.71. The molecular weight excluding hydrogens is 651 g/mol. The Balaban J connectivity index is 0.961. The number of carbonyl (C=O) groups excluding carboxylic acids is 2. The number of likely N-dealkylation sites (tertiary alicyclic amines) is 1. The fraction of sp³-hybridized carbons (Fsp3) is 0.333. The Hall–Kier alpha value is -5.21. The minimum atomic E-state index is -1.01. The second-order valence-corrected chi connectivity index (χ2v) is 13.1. The van der Waals surface area contributed by atoms with Gasteiger partial charge in [-0.2, -0.15) is 0 Å². The third kappa shape index (κ3) is 7.07. The summed E-state index contributed by atoms with van der Waals surface area (Å²) in [5, 5.41) is 5.02. The first kappa shape index (κ1) is 33.3. The number of hydrogen-bond acceptors (Lipinski definition) is 7. The van der Waals surface area contributed by atoms with Crippen molar-refractivity contribution in [3.05, 3.63) is 106 Å². The van der Waals surface area contributed by atoms with Crippen molar-refractivity contribution < 1.29 is 27.5 Å². The third-order valence-electron chi connectivity index (χ3n) is 9.83. The number of fused-ring (bicyclic) bond motifs is 1. The van der Waals surface area contributed by atoms with Crippen molar-refractivity contribution in [1.29, 1.82) is 0 Å². The number of hydrogen-bond donors (Lipinski definition) is 2. The lowest BCUT2D eigenvalue weighted by Crippen LogP contribution is -2.48. The van der Waals surface area contributed by atoms with Gasteiger partial charge in [-0.15, -0.1) is 0 Å². The summed E-state index contributed by atoms with van der Waals surface area (Å²) in [7, 11) is 2.15. The van der Waals surface area contributed by atoms with Gasteiger partial charge in [0.05, 0.1) is 5.69 Å². The van der Waals surface area contributed by atoms with Crippen LogP contribution in [0.4, 0.5) is 29.5 Å². The summed E-state index contributed by atoms with van der Waals surface area (Å²) in [6.07, 6.45) is 4.96. The zero-order valence-corrected chi connectivity index (χ0v) is 27.3. The molecule has 14 heteroatoms. The molecule has 0 radical (unpaired) electrons. The van der Waals surface area contributed by atoms with Gasteiger partial charge in [0.15, 0.2) is 17.4 Å². The maximum atomic E-state index is 15.1. The molecule has 3 aliphatic rings. The van der Waals surface area contributed by atoms with Gasteiger partial charge in [0.2, 0.25) is 0 Å². The summed E-state index contributed by atoms with van der Waals surface area (Å²) in [4.78, 5) is 50.0. The number of anilines is 2. The Morgan fingerprint density at radius 3 is 2.32 bits per heavy atom. The molecule has 50 heavy (non-hydrogen) atoms. The van der Waals surface area contributed by atoms with Gasteiger partial charge in [0.25, 0.3) is 11.5 Å². The molecule has 1 aliphatic carbocycles. The van der Waals surface area contributed by atoms with Gasteiger partial charge in [-0.25, -0.2) is 22.9 Å². The van der Waals surface area contributed by atoms with E-state index in [1.54, 1.807) is 4.90 Å². The predicted octanol–water partition coefficient (Wildman–Crippen LogP) is 5.18. The molecule has 0 spiro atoms. The van der Waals surface area contributed by atoms with E-state index in [4.69, 9.17) is 4.74 Å². The van der Waals surface area contributed by atoms with Crippen molar-refractivity contribution in [3.63, 3.8) is 0 Å². The highest BCUT2D eigenvalue weighted by atomic mass is 19.1. The average Bonchev–Trinajstić information content (AvgIpc) is 3.68. The smallest absolute Gasteiger partial charge is 0.323 e. The van der Waals surface area contributed by atoms with Crippen LogP contribution in [0.3, 0.4) is 0 Å². The number of urea groups is 1. The number of carbonyl (C=O) groups is 2. The van der Waals surface area contributed by atoms with Crippen molar-refractivity contribution in [2.45, 2.75) is 18.9 Å². The predicted molar refractivity (Wildman–Crippen MR) is 180 cm³/mol. The number of nitrogens with one attached hydrogen (secondary N) is 2. The molecule has 2 saturated heterocycles. The Labute approximate surface area is 286 Å². The summed E-state index contributed by atoms with van der Waals surface area (Å²) in [5.41, 5.74) is -1.27. The highest BCUT2D eigenvalue weighted by Gasteiger charge is 2.44. The van der Waals surface area contributed by atoms with Gasteiger partial charge in [0.1, 0.15) is 22.9 Å². The number of piperazine rings is 1. The molecule has 2 N–H and O–H groups in total. The van der Waals surface area contributed by atoms with Crippen LogP contribution in [0.2, 0.25) is 0 Å². The van der Waals surface area contributed by atoms with Crippen molar-refractivity contribution in [3.8, 4) is 17.2 Å². The average molecular weight is 688 g/mol. The number of pyridine rings is 2. The van der Waals surface area contributed by atoms with Crippen molar-refractivity contribution in [2.75, 3.05) is 56.9 Å². The van der Waals surface area contributed by atoms with Gasteiger partial charge in [-0.1, -0.05) is 0 Å². The lowest BCUT2D eigenvalue weighted by atomic mass is 10.0. The standard InChI is InChI=1S/C36H36F3N7O4/c1-43-11-13-44(14-12-43)26-15-22-20-45(21-23(22)16-26)36(49)42-33-17-27(8-9-40-33)50-32-19-29(38)31(18-30(32)39)41-34(47)28-3-2-10-46(35(28)48)25-6-4-24(37)5-7-25/h2-10,17-19,22-23,26H,11-16,20-21H2,1H3,(H,41,47)(H,40,42,49). The monoisotopic (exact) mass is 687 g/mol. The van der Waals surface area contributed by atoms with Gasteiger partial charge in [-0.05, 0) is 74.2 Å². The molecule has 7 rings (SSSR count). The van der Waals surface area contributed by atoms with E-state index in [-0.39, 0.29) is 23.2 Å². The number of nitrogens with zero attached hydrogens (tertiary/aromatic N) is 5. The molecule has 2 aliphatic heterocycles. The zero-order chi connectivity index (χ0) is 34.9. The maximum Gasteiger partial charge on any atom is 0.323 e. The number of benzene rings is 2. The second kappa shape index (κ2) is 14.0. The molecule has 260 valence electrons. The van der Waals surface area contributed by atoms with Crippen LogP contribution in [-0.4, -0.2) is 88.5 Å². The molecule has 1 saturated carbocycles. The van der Waals surface area contributed by atoms with E-state index in [0.29, 0.717) is 36.7 Å². The van der Waals surface area contributed by atoms with Crippen LogP contribution < -0.4 is 20.9 Å². The van der Waals surface area contributed by atoms with Crippen LogP contribution in [0.1, 0.15) is 23.2 Å². The second-order valence-electron chi connectivity index (χ2n) is 13.1. The number of aromatic nitrogens is 2. The van der Waals surface area contributed by atoms with Crippen molar-refractivity contribution in [1.82, 2.24) is 24.3 Å². The van der Waals surface area contributed by atoms with E-state index in [2.05, 4.69) is 32.5 Å². The molecule has 2 aromatic carbocycles. The van der Waals surface area contributed by atoms with E-state index in [1.807, 2.05) is 0 Å². The van der Waals surface area contributed by atoms with Crippen LogP contribution in [0.15, 0.2) is 77.9 Å². The summed E-state index contributed by atoms with van der Waals surface area (Å²) in [6, 6.07) is 12.4. The van der Waals surface area contributed by atoms with Crippen molar-refractivity contribution >= 4 is 23.4 Å². The normalized spacial score (nSPS) is 20.8. The fourth-order valence-corrected chi connectivity index (χ4v) is 7.14. The highest BCUT2D eigenvalue weighted by Crippen LogP contribution is 2.40. The van der Waals surface area contributed by atoms with E-state index in [0.717, 1.165) is 55.7 Å². The summed E-state index contributed by atoms with van der Waals surface area (Å²) in [6.45, 7) is 5.71. The third-order valence-corrected chi connectivity index (χ3v) is 9.83. The Morgan fingerprint density at radius 1 is 0.880 bits per heavy atom. The van der Waals surface area contributed by atoms with Gasteiger partial charge in [0, 0.05) is 81.6 Å². The molecule has 3 amide bonds. The molecule has 0 bridgehead atoms. The Kier molecular flexibility index (Phi) is 9.29. The van der Waals surface area contributed by atoms with E-state index in [9.17, 15) is 18.8 Å². The fourth-order valence-electron chi connectivity index (χ4n) is 7.14. The van der Waals surface area contributed by atoms with Crippen LogP contribution in [0.5, 0.6) is 11.5 Å². The zero-order valence-electron chi connectivity index (χ0n) is 27.3. The van der Waals surface area contributed by atoms with Crippen LogP contribution >= 0.6 is 0 Å². The number of rotatable bonds is 7. The molecule has 2 atom stereocenters. The molecule has 3 fully saturated rings. The van der Waals surface area contributed by atoms with Crippen molar-refractivity contribution in [2.24, 2.45) is 11.8 Å². The summed E-state index contributed by atoms with van der Waals surface area (Å²) < 4.78 is 50.3. The maximum absolute atomic E-state index is 15.1. The molecule has 4 heterocycles. The minimum Gasteiger partial charge on any atom is -0.454 e.